The first-order valence-corrected chi connectivity index (χ1v) is 9.94. The number of fused-ring (bicyclic) bond motifs is 1. The molecule has 144 valence electrons. The van der Waals surface area contributed by atoms with Gasteiger partial charge in [0.1, 0.15) is 0 Å². The van der Waals surface area contributed by atoms with E-state index in [0.29, 0.717) is 0 Å². The van der Waals surface area contributed by atoms with Crippen molar-refractivity contribution in [3.8, 4) is 11.1 Å². The quantitative estimate of drug-likeness (QED) is 0.634. The van der Waals surface area contributed by atoms with E-state index in [1.165, 1.54) is 27.6 Å². The monoisotopic (exact) mass is 373 g/mol. The van der Waals surface area contributed by atoms with Crippen molar-refractivity contribution < 1.29 is 4.79 Å². The first-order chi connectivity index (χ1) is 13.5. The molecule has 1 aromatic heterocycles. The Labute approximate surface area is 166 Å². The lowest BCUT2D eigenvalue weighted by Crippen LogP contribution is -2.40. The van der Waals surface area contributed by atoms with Gasteiger partial charge in [-0.15, -0.1) is 0 Å². The summed E-state index contributed by atoms with van der Waals surface area (Å²) in [5.74, 6) is -0.0130. The lowest BCUT2D eigenvalue weighted by atomic mass is 9.93. The predicted molar refractivity (Wildman–Crippen MR) is 116 cm³/mol. The Kier molecular flexibility index (Phi) is 5.05. The van der Waals surface area contributed by atoms with Gasteiger partial charge in [-0.2, -0.15) is 0 Å². The van der Waals surface area contributed by atoms with Crippen molar-refractivity contribution in [1.82, 2.24) is 15.4 Å². The van der Waals surface area contributed by atoms with Gasteiger partial charge < -0.3 is 4.98 Å². The molecule has 1 aliphatic rings. The Balaban J connectivity index is 1.60. The number of nitrogens with zero attached hydrogens (tertiary/aromatic N) is 1. The molecule has 0 radical (unpaired) electrons. The van der Waals surface area contributed by atoms with Crippen molar-refractivity contribution in [2.24, 2.45) is 0 Å². The van der Waals surface area contributed by atoms with E-state index in [1.54, 1.807) is 0 Å². The molecule has 1 amide bonds. The molecule has 2 aromatic carbocycles. The van der Waals surface area contributed by atoms with Gasteiger partial charge in [-0.25, -0.2) is 5.01 Å². The fourth-order valence-corrected chi connectivity index (χ4v) is 3.89. The zero-order valence-corrected chi connectivity index (χ0v) is 16.8. The molecule has 0 bridgehead atoms. The van der Waals surface area contributed by atoms with Gasteiger partial charge in [0.15, 0.2) is 0 Å². The highest BCUT2D eigenvalue weighted by Crippen LogP contribution is 2.30. The third kappa shape index (κ3) is 3.73. The molecule has 3 aromatic rings. The summed E-state index contributed by atoms with van der Waals surface area (Å²) in [6, 6.07) is 13.0. The first-order valence-electron chi connectivity index (χ1n) is 9.94. The molecular weight excluding hydrogens is 346 g/mol. The summed E-state index contributed by atoms with van der Waals surface area (Å²) in [7, 11) is 0. The second kappa shape index (κ2) is 7.64. The van der Waals surface area contributed by atoms with Crippen LogP contribution in [0.5, 0.6) is 0 Å². The maximum Gasteiger partial charge on any atom is 0.261 e. The average Bonchev–Trinajstić information content (AvgIpc) is 3.35. The number of hydrogen-bond donors (Lipinski definition) is 2. The zero-order valence-electron chi connectivity index (χ0n) is 16.8. The van der Waals surface area contributed by atoms with E-state index in [1.807, 2.05) is 24.2 Å². The average molecular weight is 374 g/mol. The molecule has 1 fully saturated rings. The van der Waals surface area contributed by atoms with Crippen LogP contribution in [0, 0.1) is 13.8 Å². The molecule has 1 aliphatic heterocycles. The van der Waals surface area contributed by atoms with Crippen molar-refractivity contribution in [2.45, 2.75) is 33.6 Å². The third-order valence-corrected chi connectivity index (χ3v) is 5.57. The minimum Gasteiger partial charge on any atom is -0.361 e. The fraction of sp³-hybridized carbons (Fsp3) is 0.292. The SMILES string of the molecule is CC(=Cc1cc(C)c(-c2ccc3[nH]ccc3c2)cc1C)C(=O)NN1CCCC1. The molecule has 4 heteroatoms. The van der Waals surface area contributed by atoms with Crippen molar-refractivity contribution in [3.63, 3.8) is 0 Å². The Bertz CT molecular complexity index is 1050. The van der Waals surface area contributed by atoms with Crippen LogP contribution in [0.4, 0.5) is 0 Å². The van der Waals surface area contributed by atoms with E-state index in [2.05, 4.69) is 60.7 Å². The minimum atomic E-state index is -0.0130. The Morgan fingerprint density at radius 1 is 1.07 bits per heavy atom. The van der Waals surface area contributed by atoms with Crippen molar-refractivity contribution >= 4 is 22.9 Å². The van der Waals surface area contributed by atoms with Crippen molar-refractivity contribution in [2.75, 3.05) is 13.1 Å². The summed E-state index contributed by atoms with van der Waals surface area (Å²) in [6.07, 6.45) is 6.26. The van der Waals surface area contributed by atoms with Crippen LogP contribution in [0.15, 0.2) is 48.2 Å². The van der Waals surface area contributed by atoms with Gasteiger partial charge in [0, 0.05) is 30.4 Å². The van der Waals surface area contributed by atoms with Gasteiger partial charge >= 0.3 is 0 Å². The minimum absolute atomic E-state index is 0.0130. The predicted octanol–water partition coefficient (Wildman–Crippen LogP) is 4.98. The molecule has 2 heterocycles. The Hall–Kier alpha value is -2.85. The number of aromatic amines is 1. The number of rotatable bonds is 4. The number of amides is 1. The fourth-order valence-electron chi connectivity index (χ4n) is 3.89. The number of hydrazine groups is 1. The smallest absolute Gasteiger partial charge is 0.261 e. The topological polar surface area (TPSA) is 48.1 Å². The lowest BCUT2D eigenvalue weighted by Gasteiger charge is -2.16. The van der Waals surface area contributed by atoms with E-state index < -0.39 is 0 Å². The summed E-state index contributed by atoms with van der Waals surface area (Å²) in [4.78, 5) is 15.7. The molecule has 0 unspecified atom stereocenters. The molecule has 0 saturated carbocycles. The molecule has 28 heavy (non-hydrogen) atoms. The molecule has 1 saturated heterocycles. The number of aryl methyl sites for hydroxylation is 2. The summed E-state index contributed by atoms with van der Waals surface area (Å²) >= 11 is 0. The standard InChI is InChI=1S/C24H27N3O/c1-16-14-22(19-6-7-23-20(15-19)8-9-25-23)17(2)12-21(16)13-18(3)24(28)26-27-10-4-5-11-27/h6-9,12-15,25H,4-5,10-11H2,1-3H3,(H,26,28). The molecule has 4 rings (SSSR count). The van der Waals surface area contributed by atoms with E-state index in [4.69, 9.17) is 0 Å². The maximum absolute atomic E-state index is 12.5. The van der Waals surface area contributed by atoms with E-state index in [0.717, 1.165) is 42.6 Å². The molecule has 4 nitrogen and oxygen atoms in total. The van der Waals surface area contributed by atoms with E-state index >= 15 is 0 Å². The molecule has 2 N–H and O–H groups in total. The van der Waals surface area contributed by atoms with Crippen LogP contribution in [-0.4, -0.2) is 29.0 Å². The number of carbonyl (C=O) groups is 1. The number of nitrogens with one attached hydrogen (secondary N) is 2. The number of aromatic nitrogens is 1. The maximum atomic E-state index is 12.5. The Morgan fingerprint density at radius 3 is 2.64 bits per heavy atom. The van der Waals surface area contributed by atoms with Gasteiger partial charge in [0.2, 0.25) is 0 Å². The largest absolute Gasteiger partial charge is 0.361 e. The molecule has 0 aliphatic carbocycles. The van der Waals surface area contributed by atoms with Crippen LogP contribution in [0.3, 0.4) is 0 Å². The van der Waals surface area contributed by atoms with Gasteiger partial charge in [-0.3, -0.25) is 10.2 Å². The molecule has 0 spiro atoms. The number of hydrogen-bond acceptors (Lipinski definition) is 2. The number of benzene rings is 2. The van der Waals surface area contributed by atoms with Crippen LogP contribution >= 0.6 is 0 Å². The van der Waals surface area contributed by atoms with E-state index in [-0.39, 0.29) is 5.91 Å². The second-order valence-corrected chi connectivity index (χ2v) is 7.77. The van der Waals surface area contributed by atoms with Crippen LogP contribution in [0.25, 0.3) is 28.1 Å². The summed E-state index contributed by atoms with van der Waals surface area (Å²) < 4.78 is 0. The van der Waals surface area contributed by atoms with Gasteiger partial charge in [0.05, 0.1) is 0 Å². The normalized spacial score (nSPS) is 15.3. The number of carbonyl (C=O) groups excluding carboxylic acids is 1. The molecular formula is C24H27N3O. The summed E-state index contributed by atoms with van der Waals surface area (Å²) in [6.45, 7) is 8.00. The third-order valence-electron chi connectivity index (χ3n) is 5.57. The van der Waals surface area contributed by atoms with Crippen LogP contribution in [0.2, 0.25) is 0 Å². The molecule has 0 atom stereocenters. The zero-order chi connectivity index (χ0) is 19.7. The van der Waals surface area contributed by atoms with Crippen LogP contribution < -0.4 is 5.43 Å². The van der Waals surface area contributed by atoms with Crippen molar-refractivity contribution in [3.05, 3.63) is 64.9 Å². The first kappa shape index (κ1) is 18.5. The van der Waals surface area contributed by atoms with Crippen molar-refractivity contribution in [1.29, 1.82) is 0 Å². The van der Waals surface area contributed by atoms with Crippen LogP contribution in [-0.2, 0) is 4.79 Å². The van der Waals surface area contributed by atoms with Gasteiger partial charge in [-0.1, -0.05) is 18.2 Å². The van der Waals surface area contributed by atoms with E-state index in [9.17, 15) is 4.79 Å². The number of H-pyrrole nitrogens is 1. The highest BCUT2D eigenvalue weighted by Gasteiger charge is 2.15. The highest BCUT2D eigenvalue weighted by molar-refractivity contribution is 5.97. The summed E-state index contributed by atoms with van der Waals surface area (Å²) in [5.41, 5.74) is 10.8. The van der Waals surface area contributed by atoms with Crippen LogP contribution in [0.1, 0.15) is 36.5 Å². The Morgan fingerprint density at radius 2 is 1.86 bits per heavy atom. The van der Waals surface area contributed by atoms with Gasteiger partial charge in [-0.05, 0) is 91.1 Å². The summed E-state index contributed by atoms with van der Waals surface area (Å²) in [5, 5.41) is 3.23. The second-order valence-electron chi connectivity index (χ2n) is 7.77. The lowest BCUT2D eigenvalue weighted by molar-refractivity contribution is -0.121. The highest BCUT2D eigenvalue weighted by atomic mass is 16.2. The van der Waals surface area contributed by atoms with Gasteiger partial charge in [0.25, 0.3) is 5.91 Å².